The van der Waals surface area contributed by atoms with Gasteiger partial charge in [0, 0.05) is 18.0 Å². The number of nitrogens with zero attached hydrogens (tertiary/aromatic N) is 1. The van der Waals surface area contributed by atoms with Gasteiger partial charge in [0.05, 0.1) is 19.2 Å². The summed E-state index contributed by atoms with van der Waals surface area (Å²) in [6.07, 6.45) is 3.37. The molecule has 1 atom stereocenters. The first-order chi connectivity index (χ1) is 11.6. The Morgan fingerprint density at radius 3 is 2.58 bits per heavy atom. The maximum atomic E-state index is 12.0. The molecule has 0 fully saturated rings. The van der Waals surface area contributed by atoms with Gasteiger partial charge >= 0.3 is 0 Å². The van der Waals surface area contributed by atoms with Crippen molar-refractivity contribution in [1.29, 1.82) is 0 Å². The van der Waals surface area contributed by atoms with Crippen LogP contribution in [0.5, 0.6) is 5.75 Å². The van der Waals surface area contributed by atoms with E-state index in [1.807, 2.05) is 26.0 Å². The fourth-order valence-electron chi connectivity index (χ4n) is 2.14. The van der Waals surface area contributed by atoms with Gasteiger partial charge in [-0.3, -0.25) is 14.6 Å². The van der Waals surface area contributed by atoms with Crippen molar-refractivity contribution in [2.75, 3.05) is 13.2 Å². The van der Waals surface area contributed by atoms with Gasteiger partial charge in [-0.25, -0.2) is 0 Å². The van der Waals surface area contributed by atoms with Gasteiger partial charge in [-0.05, 0) is 49.7 Å². The Kier molecular flexibility index (Phi) is 6.31. The third kappa shape index (κ3) is 5.08. The lowest BCUT2D eigenvalue weighted by Crippen LogP contribution is -2.38. The van der Waals surface area contributed by atoms with Crippen LogP contribution in [0, 0.1) is 0 Å². The Morgan fingerprint density at radius 1 is 1.21 bits per heavy atom. The number of hydrogen-bond donors (Lipinski definition) is 2. The largest absolute Gasteiger partial charge is 0.494 e. The van der Waals surface area contributed by atoms with E-state index in [-0.39, 0.29) is 24.4 Å². The van der Waals surface area contributed by atoms with Crippen LogP contribution >= 0.6 is 0 Å². The van der Waals surface area contributed by atoms with E-state index in [2.05, 4.69) is 15.6 Å². The molecular formula is C18H21N3O3. The van der Waals surface area contributed by atoms with E-state index in [1.165, 1.54) is 0 Å². The number of nitrogens with one attached hydrogen (secondary N) is 2. The summed E-state index contributed by atoms with van der Waals surface area (Å²) >= 11 is 0. The number of aromatic nitrogens is 1. The molecule has 0 radical (unpaired) electrons. The lowest BCUT2D eigenvalue weighted by atomic mass is 10.1. The van der Waals surface area contributed by atoms with Crippen LogP contribution in [-0.4, -0.2) is 29.9 Å². The minimum absolute atomic E-state index is 0.0867. The predicted molar refractivity (Wildman–Crippen MR) is 90.7 cm³/mol. The smallest absolute Gasteiger partial charge is 0.251 e. The van der Waals surface area contributed by atoms with Gasteiger partial charge in [0.2, 0.25) is 5.91 Å². The van der Waals surface area contributed by atoms with E-state index >= 15 is 0 Å². The summed E-state index contributed by atoms with van der Waals surface area (Å²) in [6.45, 7) is 4.24. The average Bonchev–Trinajstić information content (AvgIpc) is 2.61. The highest BCUT2D eigenvalue weighted by Gasteiger charge is 2.11. The van der Waals surface area contributed by atoms with Crippen LogP contribution in [0.2, 0.25) is 0 Å². The van der Waals surface area contributed by atoms with Crippen LogP contribution in [0.25, 0.3) is 0 Å². The van der Waals surface area contributed by atoms with E-state index in [9.17, 15) is 9.59 Å². The first-order valence-electron chi connectivity index (χ1n) is 7.80. The fourth-order valence-corrected chi connectivity index (χ4v) is 2.14. The molecule has 0 saturated heterocycles. The Balaban J connectivity index is 1.81. The average molecular weight is 327 g/mol. The van der Waals surface area contributed by atoms with Crippen molar-refractivity contribution in [2.24, 2.45) is 0 Å². The van der Waals surface area contributed by atoms with Gasteiger partial charge in [0.1, 0.15) is 5.75 Å². The molecule has 0 aliphatic rings. The minimum Gasteiger partial charge on any atom is -0.494 e. The summed E-state index contributed by atoms with van der Waals surface area (Å²) in [5.74, 6) is 0.143. The van der Waals surface area contributed by atoms with Crippen LogP contribution in [0.3, 0.4) is 0 Å². The molecule has 0 saturated carbocycles. The molecule has 6 heteroatoms. The number of amides is 2. The molecule has 0 spiro atoms. The third-order valence-corrected chi connectivity index (χ3v) is 3.40. The van der Waals surface area contributed by atoms with Crippen LogP contribution in [0.1, 0.15) is 35.8 Å². The Morgan fingerprint density at radius 2 is 1.96 bits per heavy atom. The quantitative estimate of drug-likeness (QED) is 0.816. The molecule has 6 nitrogen and oxygen atoms in total. The van der Waals surface area contributed by atoms with E-state index in [0.29, 0.717) is 17.9 Å². The molecule has 2 aromatic rings. The van der Waals surface area contributed by atoms with Gasteiger partial charge < -0.3 is 15.4 Å². The van der Waals surface area contributed by atoms with Crippen molar-refractivity contribution < 1.29 is 14.3 Å². The second-order valence-electron chi connectivity index (χ2n) is 5.22. The van der Waals surface area contributed by atoms with E-state index in [0.717, 1.165) is 5.56 Å². The molecule has 0 bridgehead atoms. The fraction of sp³-hybridized carbons (Fsp3) is 0.278. The first kappa shape index (κ1) is 17.5. The lowest BCUT2D eigenvalue weighted by molar-refractivity contribution is -0.120. The predicted octanol–water partition coefficient (Wildman–Crippen LogP) is 2.09. The third-order valence-electron chi connectivity index (χ3n) is 3.40. The monoisotopic (exact) mass is 327 g/mol. The van der Waals surface area contributed by atoms with Crippen LogP contribution in [0.4, 0.5) is 0 Å². The van der Waals surface area contributed by atoms with Crippen LogP contribution in [-0.2, 0) is 4.79 Å². The Bertz CT molecular complexity index is 672. The Hall–Kier alpha value is -2.89. The second kappa shape index (κ2) is 8.67. The number of carbonyl (C=O) groups excluding carboxylic acids is 2. The highest BCUT2D eigenvalue weighted by Crippen LogP contribution is 2.12. The summed E-state index contributed by atoms with van der Waals surface area (Å²) in [4.78, 5) is 28.0. The topological polar surface area (TPSA) is 80.3 Å². The zero-order valence-electron chi connectivity index (χ0n) is 13.8. The summed E-state index contributed by atoms with van der Waals surface area (Å²) in [6, 6.07) is 10.3. The number of hydrogen-bond acceptors (Lipinski definition) is 4. The number of carbonyl (C=O) groups is 2. The number of benzene rings is 1. The molecule has 2 N–H and O–H groups in total. The van der Waals surface area contributed by atoms with Gasteiger partial charge in [-0.1, -0.05) is 6.07 Å². The standard InChI is InChI=1S/C18H21N3O3/c1-3-24-16-8-6-14(7-9-16)18(23)20-12-17(22)21-13(2)15-5-4-10-19-11-15/h4-11,13H,3,12H2,1-2H3,(H,20,23)(H,21,22). The SMILES string of the molecule is CCOc1ccc(C(=O)NCC(=O)NC(C)c2cccnc2)cc1. The summed E-state index contributed by atoms with van der Waals surface area (Å²) in [5.41, 5.74) is 1.38. The maximum absolute atomic E-state index is 12.0. The van der Waals surface area contributed by atoms with E-state index in [1.54, 1.807) is 36.7 Å². The first-order valence-corrected chi connectivity index (χ1v) is 7.80. The van der Waals surface area contributed by atoms with Crippen LogP contribution in [0.15, 0.2) is 48.8 Å². The highest BCUT2D eigenvalue weighted by atomic mass is 16.5. The van der Waals surface area contributed by atoms with Crippen molar-refractivity contribution in [3.8, 4) is 5.75 Å². The Labute approximate surface area is 141 Å². The van der Waals surface area contributed by atoms with Crippen LogP contribution < -0.4 is 15.4 Å². The van der Waals surface area contributed by atoms with Gasteiger partial charge in [-0.2, -0.15) is 0 Å². The number of rotatable bonds is 7. The number of ether oxygens (including phenoxy) is 1. The van der Waals surface area contributed by atoms with Gasteiger partial charge in [0.15, 0.2) is 0 Å². The van der Waals surface area contributed by atoms with E-state index in [4.69, 9.17) is 4.74 Å². The molecule has 1 heterocycles. The molecule has 0 aliphatic heterocycles. The molecule has 1 aromatic heterocycles. The second-order valence-corrected chi connectivity index (χ2v) is 5.22. The zero-order chi connectivity index (χ0) is 17.4. The molecule has 0 aliphatic carbocycles. The molecule has 1 unspecified atom stereocenters. The normalized spacial score (nSPS) is 11.4. The maximum Gasteiger partial charge on any atom is 0.251 e. The molecule has 24 heavy (non-hydrogen) atoms. The summed E-state index contributed by atoms with van der Waals surface area (Å²) in [7, 11) is 0. The van der Waals surface area contributed by atoms with Crippen molar-refractivity contribution in [3.63, 3.8) is 0 Å². The van der Waals surface area contributed by atoms with E-state index < -0.39 is 0 Å². The molecule has 2 rings (SSSR count). The molecule has 1 aromatic carbocycles. The van der Waals surface area contributed by atoms with Gasteiger partial charge in [-0.15, -0.1) is 0 Å². The van der Waals surface area contributed by atoms with Gasteiger partial charge in [0.25, 0.3) is 5.91 Å². The van der Waals surface area contributed by atoms with Crippen molar-refractivity contribution in [2.45, 2.75) is 19.9 Å². The minimum atomic E-state index is -0.303. The van der Waals surface area contributed by atoms with Crippen molar-refractivity contribution in [1.82, 2.24) is 15.6 Å². The molecular weight excluding hydrogens is 306 g/mol. The van der Waals surface area contributed by atoms with Crippen molar-refractivity contribution in [3.05, 3.63) is 59.9 Å². The molecule has 2 amide bonds. The highest BCUT2D eigenvalue weighted by molar-refractivity contribution is 5.96. The zero-order valence-corrected chi connectivity index (χ0v) is 13.8. The van der Waals surface area contributed by atoms with Crippen molar-refractivity contribution >= 4 is 11.8 Å². The summed E-state index contributed by atoms with van der Waals surface area (Å²) in [5, 5.41) is 5.41. The number of pyridine rings is 1. The lowest BCUT2D eigenvalue weighted by Gasteiger charge is -2.14. The summed E-state index contributed by atoms with van der Waals surface area (Å²) < 4.78 is 5.32. The molecule has 126 valence electrons.